The van der Waals surface area contributed by atoms with Crippen molar-refractivity contribution in [3.8, 4) is 12.3 Å². The Morgan fingerprint density at radius 1 is 1.64 bits per heavy atom. The molecule has 0 heterocycles. The monoisotopic (exact) mass is 197 g/mol. The summed E-state index contributed by atoms with van der Waals surface area (Å²) in [5.74, 6) is 2.84. The molecular formula is C10H15NO3. The van der Waals surface area contributed by atoms with Crippen LogP contribution in [-0.4, -0.2) is 23.7 Å². The van der Waals surface area contributed by atoms with Gasteiger partial charge in [0.05, 0.1) is 0 Å². The van der Waals surface area contributed by atoms with E-state index in [-0.39, 0.29) is 17.6 Å². The van der Waals surface area contributed by atoms with Crippen molar-refractivity contribution >= 4 is 0 Å². The molecule has 0 saturated heterocycles. The summed E-state index contributed by atoms with van der Waals surface area (Å²) < 4.78 is 5.30. The summed E-state index contributed by atoms with van der Waals surface area (Å²) in [6.45, 7) is 2.25. The fraction of sp³-hybridized carbons (Fsp3) is 0.800. The molecule has 1 aliphatic rings. The summed E-state index contributed by atoms with van der Waals surface area (Å²) in [5, 5.41) is 10.7. The van der Waals surface area contributed by atoms with Gasteiger partial charge in [0.15, 0.2) is 0 Å². The Morgan fingerprint density at radius 2 is 2.36 bits per heavy atom. The highest BCUT2D eigenvalue weighted by Crippen LogP contribution is 2.27. The molecule has 0 aromatic heterocycles. The van der Waals surface area contributed by atoms with Gasteiger partial charge in [0.25, 0.3) is 0 Å². The van der Waals surface area contributed by atoms with Crippen molar-refractivity contribution in [1.29, 1.82) is 0 Å². The van der Waals surface area contributed by atoms with Crippen LogP contribution in [0.1, 0.15) is 26.2 Å². The van der Waals surface area contributed by atoms with E-state index in [9.17, 15) is 10.1 Å². The molecule has 1 fully saturated rings. The van der Waals surface area contributed by atoms with E-state index in [0.29, 0.717) is 12.3 Å². The van der Waals surface area contributed by atoms with Crippen molar-refractivity contribution in [1.82, 2.24) is 0 Å². The maximum atomic E-state index is 10.7. The normalized spacial score (nSPS) is 32.1. The van der Waals surface area contributed by atoms with E-state index in [1.54, 1.807) is 0 Å². The number of terminal acetylenes is 1. The van der Waals surface area contributed by atoms with E-state index >= 15 is 0 Å². The molecule has 78 valence electrons. The standard InChI is InChI=1S/C10H15NO3/c1-3-6-14-10-7-8(2)4-5-9(10)11(12)13/h1,8-10H,4-7H2,2H3. The molecular weight excluding hydrogens is 182 g/mol. The third kappa shape index (κ3) is 2.71. The van der Waals surface area contributed by atoms with Crippen LogP contribution in [0.4, 0.5) is 0 Å². The molecule has 3 atom stereocenters. The van der Waals surface area contributed by atoms with E-state index in [2.05, 4.69) is 12.8 Å². The van der Waals surface area contributed by atoms with Crippen LogP contribution >= 0.6 is 0 Å². The van der Waals surface area contributed by atoms with Crippen molar-refractivity contribution in [3.63, 3.8) is 0 Å². The zero-order valence-corrected chi connectivity index (χ0v) is 8.31. The van der Waals surface area contributed by atoms with Crippen molar-refractivity contribution in [3.05, 3.63) is 10.1 Å². The summed E-state index contributed by atoms with van der Waals surface area (Å²) in [7, 11) is 0. The molecule has 0 amide bonds. The zero-order valence-electron chi connectivity index (χ0n) is 8.31. The number of hydrogen-bond donors (Lipinski definition) is 0. The smallest absolute Gasteiger partial charge is 0.238 e. The van der Waals surface area contributed by atoms with Crippen LogP contribution in [0.5, 0.6) is 0 Å². The molecule has 4 heteroatoms. The van der Waals surface area contributed by atoms with Gasteiger partial charge in [-0.3, -0.25) is 10.1 Å². The predicted octanol–water partition coefficient (Wildman–Crippen LogP) is 1.47. The van der Waals surface area contributed by atoms with Gasteiger partial charge < -0.3 is 4.74 Å². The summed E-state index contributed by atoms with van der Waals surface area (Å²) in [4.78, 5) is 10.5. The van der Waals surface area contributed by atoms with E-state index < -0.39 is 6.04 Å². The molecule has 0 N–H and O–H groups in total. The summed E-state index contributed by atoms with van der Waals surface area (Å²) in [6.07, 6.45) is 7.00. The SMILES string of the molecule is C#CCOC1CC(C)CCC1[N+](=O)[O-]. The second-order valence-electron chi connectivity index (χ2n) is 3.82. The maximum absolute atomic E-state index is 10.7. The number of rotatable bonds is 3. The van der Waals surface area contributed by atoms with E-state index in [0.717, 1.165) is 12.8 Å². The Balaban J connectivity index is 2.55. The number of nitrogens with zero attached hydrogens (tertiary/aromatic N) is 1. The quantitative estimate of drug-likeness (QED) is 0.391. The highest BCUT2D eigenvalue weighted by atomic mass is 16.6. The first kappa shape index (κ1) is 11.0. The third-order valence-electron chi connectivity index (χ3n) is 2.67. The van der Waals surface area contributed by atoms with Gasteiger partial charge in [-0.2, -0.15) is 0 Å². The molecule has 14 heavy (non-hydrogen) atoms. The molecule has 1 saturated carbocycles. The first-order chi connectivity index (χ1) is 6.65. The lowest BCUT2D eigenvalue weighted by atomic mass is 9.85. The lowest BCUT2D eigenvalue weighted by molar-refractivity contribution is -0.539. The Hall–Kier alpha value is -1.08. The molecule has 4 nitrogen and oxygen atoms in total. The Morgan fingerprint density at radius 3 is 2.93 bits per heavy atom. The maximum Gasteiger partial charge on any atom is 0.238 e. The minimum Gasteiger partial charge on any atom is -0.358 e. The topological polar surface area (TPSA) is 52.4 Å². The van der Waals surface area contributed by atoms with E-state index in [1.807, 2.05) is 0 Å². The Bertz CT molecular complexity index is 246. The molecule has 1 aliphatic carbocycles. The van der Waals surface area contributed by atoms with Crippen LogP contribution < -0.4 is 0 Å². The number of nitro groups is 1. The zero-order chi connectivity index (χ0) is 10.6. The van der Waals surface area contributed by atoms with E-state index in [1.165, 1.54) is 0 Å². The molecule has 0 spiro atoms. The van der Waals surface area contributed by atoms with Crippen LogP contribution in [0.25, 0.3) is 0 Å². The minimum atomic E-state index is -0.570. The third-order valence-corrected chi connectivity index (χ3v) is 2.67. The summed E-state index contributed by atoms with van der Waals surface area (Å²) in [5.41, 5.74) is 0. The van der Waals surface area contributed by atoms with Gasteiger partial charge in [-0.25, -0.2) is 0 Å². The molecule has 3 unspecified atom stereocenters. The van der Waals surface area contributed by atoms with Crippen LogP contribution in [0.3, 0.4) is 0 Å². The van der Waals surface area contributed by atoms with Gasteiger partial charge in [0, 0.05) is 11.3 Å². The predicted molar refractivity (Wildman–Crippen MR) is 52.4 cm³/mol. The van der Waals surface area contributed by atoms with Crippen LogP contribution in [0.15, 0.2) is 0 Å². The van der Waals surface area contributed by atoms with Crippen LogP contribution in [-0.2, 0) is 4.74 Å². The molecule has 0 radical (unpaired) electrons. The Labute approximate surface area is 83.8 Å². The van der Waals surface area contributed by atoms with Gasteiger partial charge in [-0.05, 0) is 18.8 Å². The summed E-state index contributed by atoms with van der Waals surface area (Å²) in [6, 6.07) is -0.570. The van der Waals surface area contributed by atoms with Gasteiger partial charge in [0.1, 0.15) is 12.7 Å². The van der Waals surface area contributed by atoms with E-state index in [4.69, 9.17) is 11.2 Å². The van der Waals surface area contributed by atoms with Crippen molar-refractivity contribution in [2.45, 2.75) is 38.3 Å². The molecule has 0 bridgehead atoms. The largest absolute Gasteiger partial charge is 0.358 e. The second kappa shape index (κ2) is 4.97. The minimum absolute atomic E-state index is 0.168. The number of hydrogen-bond acceptors (Lipinski definition) is 3. The van der Waals surface area contributed by atoms with Gasteiger partial charge in [0.2, 0.25) is 6.04 Å². The molecule has 1 rings (SSSR count). The van der Waals surface area contributed by atoms with Crippen LogP contribution in [0.2, 0.25) is 0 Å². The van der Waals surface area contributed by atoms with Crippen molar-refractivity contribution < 1.29 is 9.66 Å². The highest BCUT2D eigenvalue weighted by molar-refractivity contribution is 4.86. The van der Waals surface area contributed by atoms with Crippen molar-refractivity contribution in [2.75, 3.05) is 6.61 Å². The molecule has 0 aromatic carbocycles. The van der Waals surface area contributed by atoms with Gasteiger partial charge in [-0.1, -0.05) is 12.8 Å². The average Bonchev–Trinajstić information content (AvgIpc) is 2.14. The average molecular weight is 197 g/mol. The number of ether oxygens (including phenoxy) is 1. The second-order valence-corrected chi connectivity index (χ2v) is 3.82. The van der Waals surface area contributed by atoms with Crippen LogP contribution in [0, 0.1) is 28.4 Å². The molecule has 0 aliphatic heterocycles. The fourth-order valence-corrected chi connectivity index (χ4v) is 1.89. The molecule has 0 aromatic rings. The van der Waals surface area contributed by atoms with Gasteiger partial charge in [-0.15, -0.1) is 6.42 Å². The van der Waals surface area contributed by atoms with Gasteiger partial charge >= 0.3 is 0 Å². The first-order valence-corrected chi connectivity index (χ1v) is 4.83. The Kier molecular flexibility index (Phi) is 3.90. The highest BCUT2D eigenvalue weighted by Gasteiger charge is 2.37. The lowest BCUT2D eigenvalue weighted by Gasteiger charge is -2.28. The van der Waals surface area contributed by atoms with Crippen molar-refractivity contribution in [2.24, 2.45) is 5.92 Å². The fourth-order valence-electron chi connectivity index (χ4n) is 1.89. The first-order valence-electron chi connectivity index (χ1n) is 4.83. The summed E-state index contributed by atoms with van der Waals surface area (Å²) >= 11 is 0. The lowest BCUT2D eigenvalue weighted by Crippen LogP contribution is -2.40.